The first-order chi connectivity index (χ1) is 10.6. The van der Waals surface area contributed by atoms with E-state index in [1.165, 1.54) is 11.3 Å². The van der Waals surface area contributed by atoms with Gasteiger partial charge in [0.15, 0.2) is 5.13 Å². The van der Waals surface area contributed by atoms with Gasteiger partial charge in [-0.15, -0.1) is 11.3 Å². The number of hydrogen-bond donors (Lipinski definition) is 2. The molecule has 0 radical (unpaired) electrons. The van der Waals surface area contributed by atoms with Crippen molar-refractivity contribution in [1.82, 2.24) is 4.98 Å². The van der Waals surface area contributed by atoms with Crippen molar-refractivity contribution in [3.8, 4) is 5.75 Å². The summed E-state index contributed by atoms with van der Waals surface area (Å²) in [4.78, 5) is 26.6. The fourth-order valence-corrected chi connectivity index (χ4v) is 2.55. The van der Waals surface area contributed by atoms with E-state index in [0.29, 0.717) is 17.4 Å². The number of thiazole rings is 1. The van der Waals surface area contributed by atoms with Crippen molar-refractivity contribution in [2.24, 2.45) is 0 Å². The van der Waals surface area contributed by atoms with Gasteiger partial charge in [-0.3, -0.25) is 9.59 Å². The molecule has 0 fully saturated rings. The number of aromatic nitrogens is 1. The van der Waals surface area contributed by atoms with E-state index in [-0.39, 0.29) is 18.7 Å². The van der Waals surface area contributed by atoms with E-state index in [1.54, 1.807) is 5.38 Å². The number of carboxylic acids is 1. The Morgan fingerprint density at radius 2 is 2.00 bits per heavy atom. The molecule has 22 heavy (non-hydrogen) atoms. The zero-order valence-electron chi connectivity index (χ0n) is 12.0. The molecular weight excluding hydrogens is 304 g/mol. The van der Waals surface area contributed by atoms with Gasteiger partial charge in [-0.05, 0) is 24.6 Å². The zero-order valence-corrected chi connectivity index (χ0v) is 12.9. The number of carbonyl (C=O) groups excluding carboxylic acids is 1. The molecule has 1 aromatic carbocycles. The van der Waals surface area contributed by atoms with Crippen molar-refractivity contribution in [1.29, 1.82) is 0 Å². The van der Waals surface area contributed by atoms with E-state index in [1.807, 2.05) is 31.2 Å². The highest BCUT2D eigenvalue weighted by molar-refractivity contribution is 7.13. The molecule has 7 heteroatoms. The van der Waals surface area contributed by atoms with Gasteiger partial charge >= 0.3 is 5.97 Å². The number of hydrogen-bond acceptors (Lipinski definition) is 5. The molecule has 6 nitrogen and oxygen atoms in total. The molecule has 1 amide bonds. The van der Waals surface area contributed by atoms with Crippen LogP contribution in [0.25, 0.3) is 0 Å². The molecule has 0 saturated carbocycles. The average Bonchev–Trinajstić information content (AvgIpc) is 2.87. The Morgan fingerprint density at radius 1 is 1.27 bits per heavy atom. The maximum atomic E-state index is 11.9. The minimum atomic E-state index is -0.947. The van der Waals surface area contributed by atoms with Crippen molar-refractivity contribution in [2.45, 2.75) is 19.8 Å². The lowest BCUT2D eigenvalue weighted by molar-refractivity contribution is -0.136. The van der Waals surface area contributed by atoms with Crippen LogP contribution in [0.2, 0.25) is 0 Å². The van der Waals surface area contributed by atoms with Crippen LogP contribution in [0.4, 0.5) is 5.13 Å². The molecule has 0 aliphatic rings. The van der Waals surface area contributed by atoms with Crippen LogP contribution in [-0.2, 0) is 22.4 Å². The number of ether oxygens (including phenoxy) is 1. The minimum Gasteiger partial charge on any atom is -0.494 e. The summed E-state index contributed by atoms with van der Waals surface area (Å²) in [5.74, 6) is -0.372. The largest absolute Gasteiger partial charge is 0.494 e. The van der Waals surface area contributed by atoms with E-state index in [0.717, 1.165) is 11.3 Å². The molecule has 0 saturated heterocycles. The SMILES string of the molecule is CCOc1ccc(CC(=O)Nc2nc(CC(=O)O)cs2)cc1. The predicted octanol–water partition coefficient (Wildman–Crippen LogP) is 2.35. The Kier molecular flexibility index (Phi) is 5.48. The van der Waals surface area contributed by atoms with Crippen LogP contribution >= 0.6 is 11.3 Å². The van der Waals surface area contributed by atoms with E-state index < -0.39 is 5.97 Å². The third kappa shape index (κ3) is 4.85. The van der Waals surface area contributed by atoms with Crippen LogP contribution in [0.5, 0.6) is 5.75 Å². The van der Waals surface area contributed by atoms with Gasteiger partial charge in [0.1, 0.15) is 5.75 Å². The summed E-state index contributed by atoms with van der Waals surface area (Å²) >= 11 is 1.21. The zero-order chi connectivity index (χ0) is 15.9. The molecule has 0 spiro atoms. The van der Waals surface area contributed by atoms with Gasteiger partial charge in [-0.25, -0.2) is 4.98 Å². The molecule has 0 unspecified atom stereocenters. The normalized spacial score (nSPS) is 10.2. The second-order valence-electron chi connectivity index (χ2n) is 4.52. The molecule has 1 aromatic heterocycles. The molecule has 116 valence electrons. The van der Waals surface area contributed by atoms with Gasteiger partial charge in [-0.1, -0.05) is 12.1 Å². The number of carboxylic acid groups (broad SMARTS) is 1. The van der Waals surface area contributed by atoms with Gasteiger partial charge in [0.25, 0.3) is 0 Å². The molecule has 2 aromatic rings. The van der Waals surface area contributed by atoms with Crippen LogP contribution in [0.1, 0.15) is 18.2 Å². The van der Waals surface area contributed by atoms with Gasteiger partial charge in [0, 0.05) is 5.38 Å². The maximum absolute atomic E-state index is 11.9. The predicted molar refractivity (Wildman–Crippen MR) is 83.4 cm³/mol. The van der Waals surface area contributed by atoms with Crippen LogP contribution in [0.15, 0.2) is 29.6 Å². The average molecular weight is 320 g/mol. The maximum Gasteiger partial charge on any atom is 0.309 e. The minimum absolute atomic E-state index is 0.148. The van der Waals surface area contributed by atoms with E-state index in [9.17, 15) is 9.59 Å². The van der Waals surface area contributed by atoms with Crippen LogP contribution in [0, 0.1) is 0 Å². The Balaban J connectivity index is 1.89. The third-order valence-corrected chi connectivity index (χ3v) is 3.54. The van der Waals surface area contributed by atoms with E-state index in [4.69, 9.17) is 9.84 Å². The van der Waals surface area contributed by atoms with Gasteiger partial charge in [0.05, 0.1) is 25.1 Å². The smallest absolute Gasteiger partial charge is 0.309 e. The quantitative estimate of drug-likeness (QED) is 0.817. The summed E-state index contributed by atoms with van der Waals surface area (Å²) in [6.45, 7) is 2.51. The van der Waals surface area contributed by atoms with Gasteiger partial charge in [-0.2, -0.15) is 0 Å². The molecule has 2 rings (SSSR count). The van der Waals surface area contributed by atoms with Gasteiger partial charge < -0.3 is 15.2 Å². The highest BCUT2D eigenvalue weighted by Gasteiger charge is 2.09. The first kappa shape index (κ1) is 16.0. The number of nitrogens with one attached hydrogen (secondary N) is 1. The summed E-state index contributed by atoms with van der Waals surface area (Å²) < 4.78 is 5.34. The van der Waals surface area contributed by atoms with Crippen LogP contribution < -0.4 is 10.1 Å². The lowest BCUT2D eigenvalue weighted by atomic mass is 10.1. The lowest BCUT2D eigenvalue weighted by Crippen LogP contribution is -2.14. The Hall–Kier alpha value is -2.41. The van der Waals surface area contributed by atoms with Crippen molar-refractivity contribution >= 4 is 28.3 Å². The van der Waals surface area contributed by atoms with E-state index >= 15 is 0 Å². The second kappa shape index (κ2) is 7.56. The number of amides is 1. The fraction of sp³-hybridized carbons (Fsp3) is 0.267. The number of carbonyl (C=O) groups is 2. The summed E-state index contributed by atoms with van der Waals surface area (Å²) in [6, 6.07) is 7.31. The second-order valence-corrected chi connectivity index (χ2v) is 5.37. The Morgan fingerprint density at radius 3 is 2.64 bits per heavy atom. The fourth-order valence-electron chi connectivity index (χ4n) is 1.82. The molecular formula is C15H16N2O4S. The summed E-state index contributed by atoms with van der Waals surface area (Å²) in [5.41, 5.74) is 1.30. The van der Waals surface area contributed by atoms with Gasteiger partial charge in [0.2, 0.25) is 5.91 Å². The lowest BCUT2D eigenvalue weighted by Gasteiger charge is -2.05. The topological polar surface area (TPSA) is 88.5 Å². The standard InChI is InChI=1S/C15H16N2O4S/c1-2-21-12-5-3-10(4-6-12)7-13(18)17-15-16-11(9-22-15)8-14(19)20/h3-6,9H,2,7-8H2,1H3,(H,19,20)(H,16,17,18). The number of nitrogens with zero attached hydrogens (tertiary/aromatic N) is 1. The third-order valence-electron chi connectivity index (χ3n) is 2.73. The van der Waals surface area contributed by atoms with Crippen molar-refractivity contribution < 1.29 is 19.4 Å². The molecule has 1 heterocycles. The van der Waals surface area contributed by atoms with Crippen molar-refractivity contribution in [2.75, 3.05) is 11.9 Å². The first-order valence-electron chi connectivity index (χ1n) is 6.74. The molecule has 0 aliphatic carbocycles. The number of aliphatic carboxylic acids is 1. The monoisotopic (exact) mass is 320 g/mol. The summed E-state index contributed by atoms with van der Waals surface area (Å²) in [7, 11) is 0. The van der Waals surface area contributed by atoms with Crippen LogP contribution in [0.3, 0.4) is 0 Å². The highest BCUT2D eigenvalue weighted by Crippen LogP contribution is 2.17. The highest BCUT2D eigenvalue weighted by atomic mass is 32.1. The molecule has 0 aliphatic heterocycles. The number of anilines is 1. The molecule has 0 bridgehead atoms. The van der Waals surface area contributed by atoms with Crippen LogP contribution in [-0.4, -0.2) is 28.6 Å². The number of rotatable bonds is 7. The number of benzene rings is 1. The first-order valence-corrected chi connectivity index (χ1v) is 7.62. The van der Waals surface area contributed by atoms with Crippen molar-refractivity contribution in [3.05, 3.63) is 40.9 Å². The van der Waals surface area contributed by atoms with Crippen molar-refractivity contribution in [3.63, 3.8) is 0 Å². The molecule has 2 N–H and O–H groups in total. The Bertz CT molecular complexity index is 652. The summed E-state index contributed by atoms with van der Waals surface area (Å²) in [5, 5.41) is 13.4. The summed E-state index contributed by atoms with van der Waals surface area (Å²) in [6.07, 6.45) is 0.0749. The molecule has 0 atom stereocenters. The Labute approximate surface area is 131 Å². The van der Waals surface area contributed by atoms with E-state index in [2.05, 4.69) is 10.3 Å².